The van der Waals surface area contributed by atoms with E-state index >= 15 is 0 Å². The molecule has 0 amide bonds. The Bertz CT molecular complexity index is 151. The highest BCUT2D eigenvalue weighted by Crippen LogP contribution is 2.20. The van der Waals surface area contributed by atoms with Gasteiger partial charge in [-0.25, -0.2) is 0 Å². The van der Waals surface area contributed by atoms with E-state index in [0.29, 0.717) is 17.1 Å². The molecule has 0 aromatic carbocycles. The molecule has 0 bridgehead atoms. The van der Waals surface area contributed by atoms with Gasteiger partial charge < -0.3 is 10.2 Å². The monoisotopic (exact) mass is 247 g/mol. The van der Waals surface area contributed by atoms with Gasteiger partial charge >= 0.3 is 0 Å². The van der Waals surface area contributed by atoms with Gasteiger partial charge in [0.05, 0.1) is 8.31 Å². The van der Waals surface area contributed by atoms with E-state index in [1.165, 1.54) is 19.1 Å². The smallest absolute Gasteiger partial charge is 0.139 e. The van der Waals surface area contributed by atoms with Crippen LogP contribution in [0.4, 0.5) is 0 Å². The fraction of sp³-hybridized carbons (Fsp3) is 0.714. The third kappa shape index (κ3) is 4.04. The highest BCUT2D eigenvalue weighted by molar-refractivity contribution is 7.49. The van der Waals surface area contributed by atoms with E-state index in [1.807, 2.05) is 0 Å². The average molecular weight is 248 g/mol. The van der Waals surface area contributed by atoms with Gasteiger partial charge in [0.2, 0.25) is 0 Å². The molecule has 1 aliphatic rings. The maximum atomic E-state index is 5.78. The molecule has 1 aliphatic heterocycles. The van der Waals surface area contributed by atoms with Gasteiger partial charge in [0.15, 0.2) is 0 Å². The maximum absolute atomic E-state index is 5.78. The Hall–Kier alpha value is 0.528. The summed E-state index contributed by atoms with van der Waals surface area (Å²) in [6.45, 7) is 4.72. The van der Waals surface area contributed by atoms with Gasteiger partial charge in [0.25, 0.3) is 0 Å². The van der Waals surface area contributed by atoms with E-state index in [4.69, 9.17) is 10.2 Å². The minimum atomic E-state index is -0.415. The van der Waals surface area contributed by atoms with Crippen LogP contribution in [0.2, 0.25) is 5.54 Å². The van der Waals surface area contributed by atoms with Gasteiger partial charge in [-0.15, -0.1) is 6.58 Å². The van der Waals surface area contributed by atoms with Crippen LogP contribution in [0.15, 0.2) is 12.7 Å². The Morgan fingerprint density at radius 3 is 3.08 bits per heavy atom. The molecule has 1 rings (SSSR count). The molecule has 2 nitrogen and oxygen atoms in total. The van der Waals surface area contributed by atoms with Crippen LogP contribution in [0, 0.1) is 0 Å². The fourth-order valence-corrected chi connectivity index (χ4v) is 48.4. The first-order chi connectivity index (χ1) is 6.38. The first-order valence-electron chi connectivity index (χ1n) is 5.27. The van der Waals surface area contributed by atoms with Crippen molar-refractivity contribution in [2.45, 2.75) is 18.4 Å². The minimum Gasteiger partial charge on any atom is -0.432 e. The highest BCUT2D eigenvalue weighted by Gasteiger charge is 2.24. The lowest BCUT2D eigenvalue weighted by molar-refractivity contribution is 0.414. The summed E-state index contributed by atoms with van der Waals surface area (Å²) in [6.07, 6.45) is 5.79. The molecule has 1 saturated heterocycles. The molecule has 1 heterocycles. The molecule has 76 valence electrons. The Kier molecular flexibility index (Phi) is 6.16. The molecule has 0 radical (unpaired) electrons. The predicted octanol–water partition coefficient (Wildman–Crippen LogP) is -2.17. The zero-order valence-corrected chi connectivity index (χ0v) is 13.8. The molecule has 0 aromatic heterocycles. The lowest BCUT2D eigenvalue weighted by atomic mass is 10.2. The molecular weight excluding hydrogens is 226 g/mol. The summed E-state index contributed by atoms with van der Waals surface area (Å²) in [4.78, 5) is 0. The quantitative estimate of drug-likeness (QED) is 0.443. The highest BCUT2D eigenvalue weighted by atomic mass is 29.7. The van der Waals surface area contributed by atoms with Crippen LogP contribution in [-0.4, -0.2) is 47.5 Å². The summed E-state index contributed by atoms with van der Waals surface area (Å²) >= 11 is 0. The van der Waals surface area contributed by atoms with Crippen molar-refractivity contribution >= 4 is 34.7 Å². The average Bonchev–Trinajstić information content (AvgIpc) is 2.19. The van der Waals surface area contributed by atoms with Crippen LogP contribution < -0.4 is 5.73 Å². The van der Waals surface area contributed by atoms with Gasteiger partial charge in [0, 0.05) is 23.3 Å². The molecule has 1 fully saturated rings. The standard InChI is InChI=1S/C7H21NOSi4/c1-2-3-7(4-5-8)13-6-9-10-11-12-13/h2,7,13H,1,3-6,8,10-12H2. The number of allylic oxidation sites excluding steroid dienone is 1. The lowest BCUT2D eigenvalue weighted by Crippen LogP contribution is -2.45. The Balaban J connectivity index is 2.36. The van der Waals surface area contributed by atoms with Crippen molar-refractivity contribution in [3.8, 4) is 0 Å². The fourth-order valence-electron chi connectivity index (χ4n) is 2.11. The number of rotatable bonds is 5. The van der Waals surface area contributed by atoms with E-state index < -0.39 is 8.31 Å². The van der Waals surface area contributed by atoms with Gasteiger partial charge in [0.1, 0.15) is 9.28 Å². The zero-order valence-electron chi connectivity index (χ0n) is 8.37. The first-order valence-corrected chi connectivity index (χ1v) is 18.6. The molecule has 2 unspecified atom stereocenters. The van der Waals surface area contributed by atoms with E-state index in [-0.39, 0.29) is 9.28 Å². The van der Waals surface area contributed by atoms with Crippen molar-refractivity contribution < 1.29 is 4.43 Å². The van der Waals surface area contributed by atoms with Gasteiger partial charge in [-0.3, -0.25) is 0 Å². The molecule has 0 spiro atoms. The van der Waals surface area contributed by atoms with Crippen molar-refractivity contribution in [2.75, 3.05) is 12.8 Å². The van der Waals surface area contributed by atoms with E-state index in [9.17, 15) is 0 Å². The van der Waals surface area contributed by atoms with Crippen LogP contribution in [0.5, 0.6) is 0 Å². The normalized spacial score (nSPS) is 31.0. The minimum absolute atomic E-state index is 0.0951. The second-order valence-corrected chi connectivity index (χ2v) is 28.5. The van der Waals surface area contributed by atoms with Crippen LogP contribution >= 0.6 is 0 Å². The molecule has 13 heavy (non-hydrogen) atoms. The van der Waals surface area contributed by atoms with Gasteiger partial charge in [-0.2, -0.15) is 0 Å². The molecular formula is C7H21NOSi4. The molecule has 0 aromatic rings. The Labute approximate surface area is 88.9 Å². The molecule has 0 aliphatic carbocycles. The van der Waals surface area contributed by atoms with Crippen molar-refractivity contribution in [3.63, 3.8) is 0 Å². The van der Waals surface area contributed by atoms with Crippen molar-refractivity contribution in [1.82, 2.24) is 0 Å². The van der Waals surface area contributed by atoms with Crippen molar-refractivity contribution in [2.24, 2.45) is 5.73 Å². The number of hydrogen-bond acceptors (Lipinski definition) is 2. The molecule has 6 heteroatoms. The zero-order chi connectivity index (χ0) is 9.52. The third-order valence-electron chi connectivity index (χ3n) is 2.87. The Morgan fingerprint density at radius 2 is 2.54 bits per heavy atom. The summed E-state index contributed by atoms with van der Waals surface area (Å²) < 4.78 is 5.78. The molecule has 0 saturated carbocycles. The SMILES string of the molecule is C=CCC(CCN)[SiH]1CO[SiH2][SiH2][SiH2]1. The first kappa shape index (κ1) is 11.6. The summed E-state index contributed by atoms with van der Waals surface area (Å²) in [7, 11) is 0.553. The molecule has 2 atom stereocenters. The summed E-state index contributed by atoms with van der Waals surface area (Å²) in [5, 5.41) is 0. The van der Waals surface area contributed by atoms with E-state index in [1.54, 1.807) is 0 Å². The van der Waals surface area contributed by atoms with Crippen LogP contribution in [0.25, 0.3) is 0 Å². The van der Waals surface area contributed by atoms with Crippen molar-refractivity contribution in [1.29, 1.82) is 0 Å². The van der Waals surface area contributed by atoms with E-state index in [2.05, 4.69) is 12.7 Å². The summed E-state index contributed by atoms with van der Waals surface area (Å²) in [5.74, 6) is 0. The Morgan fingerprint density at radius 1 is 1.69 bits per heavy atom. The van der Waals surface area contributed by atoms with Gasteiger partial charge in [-0.05, 0) is 24.9 Å². The van der Waals surface area contributed by atoms with E-state index in [0.717, 1.165) is 12.1 Å². The van der Waals surface area contributed by atoms with Crippen molar-refractivity contribution in [3.05, 3.63) is 12.7 Å². The van der Waals surface area contributed by atoms with Crippen LogP contribution in [0.3, 0.4) is 0 Å². The summed E-state index contributed by atoms with van der Waals surface area (Å²) in [6, 6.07) is 0. The molecule has 2 N–H and O–H groups in total. The van der Waals surface area contributed by atoms with Crippen LogP contribution in [0.1, 0.15) is 12.8 Å². The third-order valence-corrected chi connectivity index (χ3v) is 39.8. The maximum Gasteiger partial charge on any atom is 0.139 e. The number of nitrogens with two attached hydrogens (primary N) is 1. The lowest BCUT2D eigenvalue weighted by Gasteiger charge is -2.27. The predicted molar refractivity (Wildman–Crippen MR) is 71.0 cm³/mol. The second-order valence-electron chi connectivity index (χ2n) is 3.84. The van der Waals surface area contributed by atoms with Gasteiger partial charge in [-0.1, -0.05) is 6.08 Å². The topological polar surface area (TPSA) is 35.2 Å². The second kappa shape index (κ2) is 6.90. The number of hydrogen-bond donors (Lipinski definition) is 1. The summed E-state index contributed by atoms with van der Waals surface area (Å²) in [5.41, 5.74) is 6.60. The largest absolute Gasteiger partial charge is 0.432 e. The van der Waals surface area contributed by atoms with Crippen LogP contribution in [-0.2, 0) is 4.43 Å².